The Kier molecular flexibility index (Phi) is 4.80. The topological polar surface area (TPSA) is 48.2 Å². The van der Waals surface area contributed by atoms with E-state index in [1.165, 1.54) is 6.42 Å². The van der Waals surface area contributed by atoms with Crippen LogP contribution >= 0.6 is 11.6 Å². The molecule has 0 aromatic carbocycles. The van der Waals surface area contributed by atoms with E-state index >= 15 is 0 Å². The largest absolute Gasteiger partial charge is 0.378 e. The highest BCUT2D eigenvalue weighted by atomic mass is 35.5. The molecule has 1 aliphatic rings. The minimum atomic E-state index is -0.134. The molecule has 0 radical (unpaired) electrons. The summed E-state index contributed by atoms with van der Waals surface area (Å²) in [7, 11) is 0. The van der Waals surface area contributed by atoms with Gasteiger partial charge in [0, 0.05) is 6.61 Å². The number of rotatable bonds is 5. The Morgan fingerprint density at radius 3 is 3.06 bits per heavy atom. The highest BCUT2D eigenvalue weighted by Gasteiger charge is 2.20. The summed E-state index contributed by atoms with van der Waals surface area (Å²) in [6, 6.07) is 0. The van der Waals surface area contributed by atoms with Crippen molar-refractivity contribution in [3.8, 4) is 0 Å². The molecule has 4 nitrogen and oxygen atoms in total. The quantitative estimate of drug-likeness (QED) is 0.761. The molecule has 2 rings (SSSR count). The molecule has 5 heteroatoms. The first-order valence-electron chi connectivity index (χ1n) is 6.37. The number of hydrogen-bond donors (Lipinski definition) is 0. The molecule has 1 aliphatic heterocycles. The standard InChI is InChI=1S/C12H19ClN2O2/c1-2-5-10(13)12-14-11(17-15-12)8-9-6-3-4-7-16-9/h9-10H,2-8H2,1H3. The summed E-state index contributed by atoms with van der Waals surface area (Å²) in [5.74, 6) is 1.26. The summed E-state index contributed by atoms with van der Waals surface area (Å²) in [4.78, 5) is 4.33. The second kappa shape index (κ2) is 6.36. The fourth-order valence-electron chi connectivity index (χ4n) is 2.02. The minimum Gasteiger partial charge on any atom is -0.378 e. The zero-order valence-corrected chi connectivity index (χ0v) is 10.9. The van der Waals surface area contributed by atoms with Crippen molar-refractivity contribution >= 4 is 11.6 Å². The van der Waals surface area contributed by atoms with E-state index in [4.69, 9.17) is 20.9 Å². The van der Waals surface area contributed by atoms with Gasteiger partial charge in [-0.15, -0.1) is 11.6 Å². The van der Waals surface area contributed by atoms with Crippen molar-refractivity contribution in [2.24, 2.45) is 0 Å². The molecule has 0 bridgehead atoms. The molecule has 2 heterocycles. The van der Waals surface area contributed by atoms with Gasteiger partial charge in [-0.25, -0.2) is 0 Å². The van der Waals surface area contributed by atoms with Gasteiger partial charge in [0.1, 0.15) is 0 Å². The molecule has 1 saturated heterocycles. The molecule has 0 saturated carbocycles. The van der Waals surface area contributed by atoms with Gasteiger partial charge in [0.15, 0.2) is 5.82 Å². The second-order valence-corrected chi connectivity index (χ2v) is 5.02. The Bertz CT molecular complexity index is 337. The first-order valence-corrected chi connectivity index (χ1v) is 6.81. The van der Waals surface area contributed by atoms with Crippen molar-refractivity contribution in [2.75, 3.05) is 6.61 Å². The van der Waals surface area contributed by atoms with Gasteiger partial charge in [-0.05, 0) is 25.7 Å². The number of alkyl halides is 1. The van der Waals surface area contributed by atoms with Crippen molar-refractivity contribution in [3.63, 3.8) is 0 Å². The second-order valence-electron chi connectivity index (χ2n) is 4.50. The zero-order valence-electron chi connectivity index (χ0n) is 10.2. The summed E-state index contributed by atoms with van der Waals surface area (Å²) in [5.41, 5.74) is 0. The lowest BCUT2D eigenvalue weighted by molar-refractivity contribution is 0.0124. The number of hydrogen-bond acceptors (Lipinski definition) is 4. The van der Waals surface area contributed by atoms with Crippen LogP contribution < -0.4 is 0 Å². The molecular weight excluding hydrogens is 240 g/mol. The lowest BCUT2D eigenvalue weighted by Gasteiger charge is -2.20. The first-order chi connectivity index (χ1) is 8.29. The zero-order chi connectivity index (χ0) is 12.1. The number of aromatic nitrogens is 2. The van der Waals surface area contributed by atoms with Crippen LogP contribution in [0.2, 0.25) is 0 Å². The van der Waals surface area contributed by atoms with Crippen LogP contribution in [0.4, 0.5) is 0 Å². The van der Waals surface area contributed by atoms with Crippen LogP contribution in [0.15, 0.2) is 4.52 Å². The summed E-state index contributed by atoms with van der Waals surface area (Å²) < 4.78 is 10.8. The molecule has 2 atom stereocenters. The third-order valence-electron chi connectivity index (χ3n) is 2.98. The normalized spacial score (nSPS) is 22.6. The van der Waals surface area contributed by atoms with Crippen LogP contribution in [-0.4, -0.2) is 22.9 Å². The Morgan fingerprint density at radius 1 is 1.47 bits per heavy atom. The van der Waals surface area contributed by atoms with Gasteiger partial charge in [-0.1, -0.05) is 18.5 Å². The number of nitrogens with zero attached hydrogens (tertiary/aromatic N) is 2. The molecule has 1 fully saturated rings. The van der Waals surface area contributed by atoms with E-state index in [1.54, 1.807) is 0 Å². The van der Waals surface area contributed by atoms with E-state index in [2.05, 4.69) is 17.1 Å². The maximum absolute atomic E-state index is 6.15. The summed E-state index contributed by atoms with van der Waals surface area (Å²) >= 11 is 6.15. The van der Waals surface area contributed by atoms with Gasteiger partial charge in [0.05, 0.1) is 17.9 Å². The molecule has 0 aliphatic carbocycles. The fraction of sp³-hybridized carbons (Fsp3) is 0.833. The summed E-state index contributed by atoms with van der Waals surface area (Å²) in [6.45, 7) is 2.94. The summed E-state index contributed by atoms with van der Waals surface area (Å²) in [6.07, 6.45) is 6.30. The fourth-order valence-corrected chi connectivity index (χ4v) is 2.33. The molecule has 1 aromatic rings. The van der Waals surface area contributed by atoms with Gasteiger partial charge in [0.25, 0.3) is 0 Å². The lowest BCUT2D eigenvalue weighted by Crippen LogP contribution is -2.21. The lowest BCUT2D eigenvalue weighted by atomic mass is 10.1. The SMILES string of the molecule is CCCC(Cl)c1noc(CC2CCCCO2)n1. The van der Waals surface area contributed by atoms with Crippen molar-refractivity contribution in [2.45, 2.75) is 56.9 Å². The highest BCUT2D eigenvalue weighted by Crippen LogP contribution is 2.23. The highest BCUT2D eigenvalue weighted by molar-refractivity contribution is 6.20. The van der Waals surface area contributed by atoms with Crippen molar-refractivity contribution in [1.29, 1.82) is 0 Å². The van der Waals surface area contributed by atoms with Crippen LogP contribution in [0.5, 0.6) is 0 Å². The van der Waals surface area contributed by atoms with Crippen LogP contribution in [0.3, 0.4) is 0 Å². The van der Waals surface area contributed by atoms with Crippen LogP contribution in [-0.2, 0) is 11.2 Å². The van der Waals surface area contributed by atoms with Crippen LogP contribution in [0, 0.1) is 0 Å². The summed E-state index contributed by atoms with van der Waals surface area (Å²) in [5, 5.41) is 3.79. The smallest absolute Gasteiger partial charge is 0.229 e. The first kappa shape index (κ1) is 12.8. The van der Waals surface area contributed by atoms with Crippen molar-refractivity contribution < 1.29 is 9.26 Å². The average Bonchev–Trinajstić information content (AvgIpc) is 2.79. The molecule has 2 unspecified atom stereocenters. The average molecular weight is 259 g/mol. The van der Waals surface area contributed by atoms with Gasteiger partial charge >= 0.3 is 0 Å². The van der Waals surface area contributed by atoms with Crippen molar-refractivity contribution in [3.05, 3.63) is 11.7 Å². The Labute approximate surface area is 107 Å². The third-order valence-corrected chi connectivity index (χ3v) is 3.40. The van der Waals surface area contributed by atoms with E-state index in [-0.39, 0.29) is 11.5 Å². The number of halogens is 1. The van der Waals surface area contributed by atoms with E-state index in [0.717, 1.165) is 32.3 Å². The maximum atomic E-state index is 6.15. The van der Waals surface area contributed by atoms with Gasteiger partial charge in [0.2, 0.25) is 5.89 Å². The predicted molar refractivity (Wildman–Crippen MR) is 65.1 cm³/mol. The molecular formula is C12H19ClN2O2. The van der Waals surface area contributed by atoms with Gasteiger partial charge in [-0.2, -0.15) is 4.98 Å². The third kappa shape index (κ3) is 3.68. The Hall–Kier alpha value is -0.610. The minimum absolute atomic E-state index is 0.134. The predicted octanol–water partition coefficient (Wildman–Crippen LogP) is 3.26. The Morgan fingerprint density at radius 2 is 2.35 bits per heavy atom. The van der Waals surface area contributed by atoms with E-state index < -0.39 is 0 Å². The van der Waals surface area contributed by atoms with E-state index in [9.17, 15) is 0 Å². The molecule has 17 heavy (non-hydrogen) atoms. The van der Waals surface area contributed by atoms with Crippen LogP contribution in [0.1, 0.15) is 56.1 Å². The van der Waals surface area contributed by atoms with E-state index in [1.807, 2.05) is 0 Å². The maximum Gasteiger partial charge on any atom is 0.229 e. The van der Waals surface area contributed by atoms with E-state index in [0.29, 0.717) is 18.1 Å². The van der Waals surface area contributed by atoms with Crippen LogP contribution in [0.25, 0.3) is 0 Å². The van der Waals surface area contributed by atoms with Gasteiger partial charge < -0.3 is 9.26 Å². The molecule has 0 amide bonds. The Balaban J connectivity index is 1.88. The molecule has 0 spiro atoms. The molecule has 96 valence electrons. The molecule has 1 aromatic heterocycles. The van der Waals surface area contributed by atoms with Gasteiger partial charge in [-0.3, -0.25) is 0 Å². The molecule has 0 N–H and O–H groups in total. The number of ether oxygens (including phenoxy) is 1. The van der Waals surface area contributed by atoms with Crippen molar-refractivity contribution in [1.82, 2.24) is 10.1 Å². The monoisotopic (exact) mass is 258 g/mol.